The number of carbonyl (C=O) groups excluding carboxylic acids is 1. The monoisotopic (exact) mass is 382 g/mol. The maximum Gasteiger partial charge on any atom is 0.306 e. The minimum Gasteiger partial charge on any atom is -0.493 e. The molecule has 0 unspecified atom stereocenters. The molecule has 0 radical (unpaired) electrons. The molecule has 1 heterocycles. The minimum absolute atomic E-state index is 0.233. The molecule has 0 bridgehead atoms. The van der Waals surface area contributed by atoms with Crippen LogP contribution in [0.4, 0.5) is 0 Å². The zero-order chi connectivity index (χ0) is 18.9. The van der Waals surface area contributed by atoms with E-state index in [1.54, 1.807) is 12.1 Å². The van der Waals surface area contributed by atoms with Crippen molar-refractivity contribution in [2.24, 2.45) is 0 Å². The summed E-state index contributed by atoms with van der Waals surface area (Å²) in [5.74, 6) is 2.06. The number of ether oxygens (including phenoxy) is 4. The van der Waals surface area contributed by atoms with Gasteiger partial charge in [0.25, 0.3) is 5.22 Å². The molecule has 0 fully saturated rings. The van der Waals surface area contributed by atoms with Gasteiger partial charge in [0.2, 0.25) is 11.6 Å². The second-order valence-corrected chi connectivity index (χ2v) is 6.15. The van der Waals surface area contributed by atoms with Crippen molar-refractivity contribution in [3.05, 3.63) is 12.1 Å². The van der Waals surface area contributed by atoms with Gasteiger partial charge < -0.3 is 23.4 Å². The average Bonchev–Trinajstić information content (AvgIpc) is 3.13. The van der Waals surface area contributed by atoms with Crippen LogP contribution in [0.1, 0.15) is 19.8 Å². The van der Waals surface area contributed by atoms with Crippen molar-refractivity contribution in [3.63, 3.8) is 0 Å². The van der Waals surface area contributed by atoms with Crippen molar-refractivity contribution in [3.8, 4) is 28.7 Å². The molecule has 26 heavy (non-hydrogen) atoms. The third-order valence-electron chi connectivity index (χ3n) is 3.32. The van der Waals surface area contributed by atoms with Crippen molar-refractivity contribution in [1.29, 1.82) is 0 Å². The average molecular weight is 382 g/mol. The predicted octanol–water partition coefficient (Wildman–Crippen LogP) is 3.20. The number of rotatable bonds is 10. The largest absolute Gasteiger partial charge is 0.493 e. The molecule has 0 saturated heterocycles. The van der Waals surface area contributed by atoms with Crippen LogP contribution in [-0.2, 0) is 9.53 Å². The van der Waals surface area contributed by atoms with E-state index in [1.807, 2.05) is 6.92 Å². The van der Waals surface area contributed by atoms with Gasteiger partial charge in [0, 0.05) is 11.3 Å². The summed E-state index contributed by atoms with van der Waals surface area (Å²) < 4.78 is 26.6. The molecular formula is C17H22N2O6S. The number of carbonyl (C=O) groups is 1. The maximum atomic E-state index is 11.5. The Hall–Kier alpha value is -2.42. The molecule has 0 aliphatic carbocycles. The molecule has 142 valence electrons. The van der Waals surface area contributed by atoms with Crippen LogP contribution in [0, 0.1) is 0 Å². The van der Waals surface area contributed by atoms with Crippen LogP contribution in [-0.4, -0.2) is 49.9 Å². The van der Waals surface area contributed by atoms with E-state index in [9.17, 15) is 4.79 Å². The standard InChI is InChI=1S/C17H22N2O6S/c1-5-7-24-14(20)6-8-26-17-19-18-16(25-17)11-9-12(21-2)15(23-4)13(10-11)22-3/h9-10H,5-8H2,1-4H3. The molecule has 0 aliphatic heterocycles. The number of hydrogen-bond donors (Lipinski definition) is 0. The highest BCUT2D eigenvalue weighted by Crippen LogP contribution is 2.41. The summed E-state index contributed by atoms with van der Waals surface area (Å²) >= 11 is 1.30. The molecule has 0 spiro atoms. The molecule has 8 nitrogen and oxygen atoms in total. The van der Waals surface area contributed by atoms with Crippen LogP contribution < -0.4 is 14.2 Å². The molecule has 9 heteroatoms. The lowest BCUT2D eigenvalue weighted by atomic mass is 10.2. The van der Waals surface area contributed by atoms with E-state index in [0.717, 1.165) is 6.42 Å². The van der Waals surface area contributed by atoms with E-state index < -0.39 is 0 Å². The number of aromatic nitrogens is 2. The summed E-state index contributed by atoms with van der Waals surface area (Å²) in [7, 11) is 4.61. The Balaban J connectivity index is 2.06. The van der Waals surface area contributed by atoms with E-state index >= 15 is 0 Å². The Morgan fingerprint density at radius 2 is 1.81 bits per heavy atom. The molecule has 0 aliphatic rings. The third kappa shape index (κ3) is 5.04. The van der Waals surface area contributed by atoms with Gasteiger partial charge in [-0.1, -0.05) is 18.7 Å². The van der Waals surface area contributed by atoms with E-state index in [0.29, 0.717) is 46.3 Å². The van der Waals surface area contributed by atoms with Crippen LogP contribution in [0.5, 0.6) is 17.2 Å². The van der Waals surface area contributed by atoms with Gasteiger partial charge in [0.15, 0.2) is 11.5 Å². The Morgan fingerprint density at radius 1 is 1.12 bits per heavy atom. The van der Waals surface area contributed by atoms with Gasteiger partial charge in [-0.05, 0) is 18.6 Å². The molecule has 2 aromatic rings. The van der Waals surface area contributed by atoms with E-state index in [-0.39, 0.29) is 12.4 Å². The Bertz CT molecular complexity index is 709. The van der Waals surface area contributed by atoms with Crippen LogP contribution in [0.3, 0.4) is 0 Å². The maximum absolute atomic E-state index is 11.5. The van der Waals surface area contributed by atoms with Gasteiger partial charge in [-0.15, -0.1) is 10.2 Å². The van der Waals surface area contributed by atoms with Crippen molar-refractivity contribution >= 4 is 17.7 Å². The lowest BCUT2D eigenvalue weighted by molar-refractivity contribution is -0.143. The number of thioether (sulfide) groups is 1. The van der Waals surface area contributed by atoms with Gasteiger partial charge in [-0.2, -0.15) is 0 Å². The summed E-state index contributed by atoms with van der Waals surface area (Å²) in [6, 6.07) is 3.46. The van der Waals surface area contributed by atoms with Crippen LogP contribution in [0.25, 0.3) is 11.5 Å². The molecular weight excluding hydrogens is 360 g/mol. The first-order valence-electron chi connectivity index (χ1n) is 8.05. The first-order chi connectivity index (χ1) is 12.6. The van der Waals surface area contributed by atoms with Crippen LogP contribution in [0.2, 0.25) is 0 Å². The van der Waals surface area contributed by atoms with Crippen LogP contribution >= 0.6 is 11.8 Å². The molecule has 0 atom stereocenters. The van der Waals surface area contributed by atoms with Gasteiger partial charge in [0.1, 0.15) is 0 Å². The SMILES string of the molecule is CCCOC(=O)CCSc1nnc(-c2cc(OC)c(OC)c(OC)c2)o1. The quantitative estimate of drug-likeness (QED) is 0.453. The van der Waals surface area contributed by atoms with Gasteiger partial charge in [-0.3, -0.25) is 4.79 Å². The molecule has 0 N–H and O–H groups in total. The van der Waals surface area contributed by atoms with Crippen LogP contribution in [0.15, 0.2) is 21.8 Å². The summed E-state index contributed by atoms with van der Waals surface area (Å²) in [6.45, 7) is 2.39. The lowest BCUT2D eigenvalue weighted by Gasteiger charge is -2.12. The normalized spacial score (nSPS) is 10.5. The number of hydrogen-bond acceptors (Lipinski definition) is 9. The fraction of sp³-hybridized carbons (Fsp3) is 0.471. The van der Waals surface area contributed by atoms with Crippen molar-refractivity contribution in [1.82, 2.24) is 10.2 Å². The molecule has 1 aromatic carbocycles. The second kappa shape index (κ2) is 9.91. The first kappa shape index (κ1) is 19.9. The number of benzene rings is 1. The van der Waals surface area contributed by atoms with Crippen molar-refractivity contribution in [2.45, 2.75) is 25.0 Å². The zero-order valence-corrected chi connectivity index (χ0v) is 16.1. The smallest absolute Gasteiger partial charge is 0.306 e. The van der Waals surface area contributed by atoms with Crippen molar-refractivity contribution in [2.75, 3.05) is 33.7 Å². The number of methoxy groups -OCH3 is 3. The van der Waals surface area contributed by atoms with Gasteiger partial charge in [-0.25, -0.2) is 0 Å². The highest BCUT2D eigenvalue weighted by Gasteiger charge is 2.17. The fourth-order valence-corrected chi connectivity index (χ4v) is 2.78. The third-order valence-corrected chi connectivity index (χ3v) is 4.14. The Labute approximate surface area is 156 Å². The molecule has 1 aromatic heterocycles. The first-order valence-corrected chi connectivity index (χ1v) is 9.03. The summed E-state index contributed by atoms with van der Waals surface area (Å²) in [5, 5.41) is 8.39. The Morgan fingerprint density at radius 3 is 2.38 bits per heavy atom. The lowest BCUT2D eigenvalue weighted by Crippen LogP contribution is -2.05. The highest BCUT2D eigenvalue weighted by molar-refractivity contribution is 7.99. The van der Waals surface area contributed by atoms with Crippen molar-refractivity contribution < 1.29 is 28.2 Å². The molecule has 0 amide bonds. The fourth-order valence-electron chi connectivity index (χ4n) is 2.10. The van der Waals surface area contributed by atoms with Gasteiger partial charge >= 0.3 is 5.97 Å². The molecule has 0 saturated carbocycles. The molecule has 2 rings (SSSR count). The van der Waals surface area contributed by atoms with E-state index in [1.165, 1.54) is 33.1 Å². The van der Waals surface area contributed by atoms with E-state index in [4.69, 9.17) is 23.4 Å². The van der Waals surface area contributed by atoms with E-state index in [2.05, 4.69) is 10.2 Å². The summed E-state index contributed by atoms with van der Waals surface area (Å²) in [5.41, 5.74) is 0.640. The topological polar surface area (TPSA) is 92.9 Å². The number of nitrogens with zero attached hydrogens (tertiary/aromatic N) is 2. The highest BCUT2D eigenvalue weighted by atomic mass is 32.2. The minimum atomic E-state index is -0.233. The number of esters is 1. The summed E-state index contributed by atoms with van der Waals surface area (Å²) in [4.78, 5) is 11.5. The second-order valence-electron chi connectivity index (χ2n) is 5.11. The Kier molecular flexibility index (Phi) is 7.58. The van der Waals surface area contributed by atoms with Gasteiger partial charge in [0.05, 0.1) is 34.4 Å². The predicted molar refractivity (Wildman–Crippen MR) is 96.0 cm³/mol. The summed E-state index contributed by atoms with van der Waals surface area (Å²) in [6.07, 6.45) is 1.09. The zero-order valence-electron chi connectivity index (χ0n) is 15.2.